The van der Waals surface area contributed by atoms with E-state index in [1.54, 1.807) is 4.90 Å². The molecule has 2 amide bonds. The number of benzene rings is 1. The molecule has 1 fully saturated rings. The predicted octanol–water partition coefficient (Wildman–Crippen LogP) is 2.99. The number of fused-ring (bicyclic) bond motifs is 3. The van der Waals surface area contributed by atoms with Gasteiger partial charge in [-0.2, -0.15) is 15.2 Å². The molecule has 192 valence electrons. The number of carbonyl (C=O) groups excluding carboxylic acids is 2. The Morgan fingerprint density at radius 3 is 2.89 bits per heavy atom. The summed E-state index contributed by atoms with van der Waals surface area (Å²) in [6.45, 7) is 9.11. The number of nitriles is 1. The van der Waals surface area contributed by atoms with Crippen LogP contribution in [0.1, 0.15) is 47.2 Å². The molecule has 0 saturated carbocycles. The Morgan fingerprint density at radius 1 is 1.35 bits per heavy atom. The van der Waals surface area contributed by atoms with Gasteiger partial charge in [-0.25, -0.2) is 0 Å². The Morgan fingerprint density at radius 2 is 2.16 bits per heavy atom. The summed E-state index contributed by atoms with van der Waals surface area (Å²) in [7, 11) is 1.53. The summed E-state index contributed by atoms with van der Waals surface area (Å²) < 4.78 is 5.48. The average Bonchev–Trinajstić information content (AvgIpc) is 2.89. The molecule has 3 heterocycles. The lowest BCUT2D eigenvalue weighted by molar-refractivity contribution is -0.128. The summed E-state index contributed by atoms with van der Waals surface area (Å²) in [5.74, 6) is 0.337. The number of nitrogens with zero attached hydrogens (tertiary/aromatic N) is 5. The maximum absolute atomic E-state index is 13.9. The van der Waals surface area contributed by atoms with Gasteiger partial charge in [-0.1, -0.05) is 24.3 Å². The lowest BCUT2D eigenvalue weighted by Gasteiger charge is -2.44. The minimum Gasteiger partial charge on any atom is -0.467 e. The van der Waals surface area contributed by atoms with Gasteiger partial charge in [0, 0.05) is 26.1 Å². The SMILES string of the molecule is C=CC(=O)N1CCN(c2nc(OC)nc3c2NC(=O)C2(CCCc4c(C)cc(C)cc42)C3)CC1CC#N. The number of aromatic nitrogens is 2. The molecule has 5 rings (SSSR count). The second-order valence-corrected chi connectivity index (χ2v) is 10.2. The first-order valence-electron chi connectivity index (χ1n) is 12.7. The van der Waals surface area contributed by atoms with Gasteiger partial charge in [0.05, 0.1) is 36.8 Å². The Bertz CT molecular complexity index is 1330. The van der Waals surface area contributed by atoms with Crippen LogP contribution in [-0.2, 0) is 27.8 Å². The highest BCUT2D eigenvalue weighted by atomic mass is 16.5. The molecule has 2 unspecified atom stereocenters. The van der Waals surface area contributed by atoms with E-state index < -0.39 is 5.41 Å². The van der Waals surface area contributed by atoms with Crippen LogP contribution < -0.4 is 15.0 Å². The van der Waals surface area contributed by atoms with Crippen molar-refractivity contribution in [2.75, 3.05) is 37.0 Å². The monoisotopic (exact) mass is 500 g/mol. The molecule has 9 heteroatoms. The number of carbonyl (C=O) groups is 2. The zero-order chi connectivity index (χ0) is 26.3. The summed E-state index contributed by atoms with van der Waals surface area (Å²) in [4.78, 5) is 39.3. The maximum atomic E-state index is 13.9. The molecule has 1 saturated heterocycles. The normalized spacial score (nSPS) is 22.5. The van der Waals surface area contributed by atoms with Crippen LogP contribution in [0.2, 0.25) is 0 Å². The smallest absolute Gasteiger partial charge is 0.318 e. The number of ether oxygens (including phenoxy) is 1. The molecule has 37 heavy (non-hydrogen) atoms. The van der Waals surface area contributed by atoms with Crippen LogP contribution in [0.3, 0.4) is 0 Å². The molecule has 9 nitrogen and oxygen atoms in total. The van der Waals surface area contributed by atoms with Crippen molar-refractivity contribution < 1.29 is 14.3 Å². The summed E-state index contributed by atoms with van der Waals surface area (Å²) >= 11 is 0. The van der Waals surface area contributed by atoms with Crippen molar-refractivity contribution >= 4 is 23.3 Å². The third-order valence-corrected chi connectivity index (χ3v) is 8.00. The fourth-order valence-electron chi connectivity index (χ4n) is 6.26. The molecule has 1 spiro atoms. The van der Waals surface area contributed by atoms with Crippen LogP contribution in [-0.4, -0.2) is 59.5 Å². The molecule has 1 N–H and O–H groups in total. The van der Waals surface area contributed by atoms with Gasteiger partial charge in [0.15, 0.2) is 5.82 Å². The van der Waals surface area contributed by atoms with Gasteiger partial charge in [0.25, 0.3) is 0 Å². The van der Waals surface area contributed by atoms with Crippen LogP contribution in [0.25, 0.3) is 0 Å². The van der Waals surface area contributed by atoms with Crippen LogP contribution in [0.4, 0.5) is 11.5 Å². The van der Waals surface area contributed by atoms with E-state index in [-0.39, 0.29) is 30.3 Å². The molecule has 0 radical (unpaired) electrons. The third kappa shape index (κ3) is 4.10. The quantitative estimate of drug-likeness (QED) is 0.643. The summed E-state index contributed by atoms with van der Waals surface area (Å²) in [5.41, 5.74) is 5.38. The summed E-state index contributed by atoms with van der Waals surface area (Å²) in [6, 6.07) is 6.45. The number of nitrogens with one attached hydrogen (secondary N) is 1. The average molecular weight is 501 g/mol. The molecule has 2 aromatic rings. The highest BCUT2D eigenvalue weighted by Crippen LogP contribution is 2.47. The van der Waals surface area contributed by atoms with Crippen LogP contribution in [0.5, 0.6) is 6.01 Å². The van der Waals surface area contributed by atoms with E-state index in [4.69, 9.17) is 9.72 Å². The van der Waals surface area contributed by atoms with Gasteiger partial charge in [-0.15, -0.1) is 0 Å². The maximum Gasteiger partial charge on any atom is 0.318 e. The molecule has 1 aromatic heterocycles. The largest absolute Gasteiger partial charge is 0.467 e. The zero-order valence-electron chi connectivity index (χ0n) is 21.6. The lowest BCUT2D eigenvalue weighted by atomic mass is 9.64. The number of piperazine rings is 1. The Labute approximate surface area is 217 Å². The Kier molecular flexibility index (Phi) is 6.36. The number of amides is 2. The molecule has 3 aliphatic rings. The first-order valence-corrected chi connectivity index (χ1v) is 12.7. The van der Waals surface area contributed by atoms with E-state index in [1.807, 2.05) is 4.90 Å². The fourth-order valence-corrected chi connectivity index (χ4v) is 6.26. The van der Waals surface area contributed by atoms with E-state index in [9.17, 15) is 14.9 Å². The van der Waals surface area contributed by atoms with Crippen LogP contribution in [0, 0.1) is 25.2 Å². The molecule has 0 bridgehead atoms. The van der Waals surface area contributed by atoms with Gasteiger partial charge in [-0.05, 0) is 55.9 Å². The topological polar surface area (TPSA) is 111 Å². The minimum absolute atomic E-state index is 0.0324. The van der Waals surface area contributed by atoms with Crippen LogP contribution in [0.15, 0.2) is 24.8 Å². The highest BCUT2D eigenvalue weighted by Gasteiger charge is 2.48. The Hall–Kier alpha value is -3.93. The van der Waals surface area contributed by atoms with Gasteiger partial charge in [0.2, 0.25) is 11.8 Å². The van der Waals surface area contributed by atoms with Gasteiger partial charge < -0.3 is 19.9 Å². The zero-order valence-corrected chi connectivity index (χ0v) is 21.6. The molecular weight excluding hydrogens is 468 g/mol. The van der Waals surface area contributed by atoms with Crippen molar-refractivity contribution in [3.63, 3.8) is 0 Å². The van der Waals surface area contributed by atoms with E-state index in [0.717, 1.165) is 36.1 Å². The van der Waals surface area contributed by atoms with Crippen LogP contribution >= 0.6 is 0 Å². The minimum atomic E-state index is -0.688. The van der Waals surface area contributed by atoms with Gasteiger partial charge in [0.1, 0.15) is 5.69 Å². The van der Waals surface area contributed by atoms with Crippen molar-refractivity contribution in [3.8, 4) is 12.1 Å². The first kappa shape index (κ1) is 24.8. The third-order valence-electron chi connectivity index (χ3n) is 8.00. The molecule has 1 aliphatic carbocycles. The number of hydrogen-bond acceptors (Lipinski definition) is 7. The molecular formula is C28H32N6O3. The van der Waals surface area contributed by atoms with E-state index in [1.165, 1.54) is 24.3 Å². The number of aryl methyl sites for hydroxylation is 2. The molecule has 2 aliphatic heterocycles. The predicted molar refractivity (Wildman–Crippen MR) is 140 cm³/mol. The lowest BCUT2D eigenvalue weighted by Crippen LogP contribution is -2.55. The molecule has 2 atom stereocenters. The summed E-state index contributed by atoms with van der Waals surface area (Å²) in [6.07, 6.45) is 4.58. The number of rotatable bonds is 4. The second kappa shape index (κ2) is 9.51. The standard InChI is InChI=1S/C28H32N6O3/c1-5-23(35)34-12-11-33(16-19(34)8-10-29)25-24-22(30-27(32-25)37-4)15-28(26(36)31-24)9-6-7-20-18(3)13-17(2)14-21(20)28/h5,13-14,19H,1,6-9,11-12,15-16H2,2-4H3,(H,31,36). The fraction of sp³-hybridized carbons (Fsp3) is 0.464. The number of anilines is 2. The van der Waals surface area contributed by atoms with E-state index in [0.29, 0.717) is 37.6 Å². The van der Waals surface area contributed by atoms with Crippen molar-refractivity contribution in [2.45, 2.75) is 57.4 Å². The van der Waals surface area contributed by atoms with Crippen molar-refractivity contribution in [1.29, 1.82) is 5.26 Å². The number of methoxy groups -OCH3 is 1. The Balaban J connectivity index is 1.56. The van der Waals surface area contributed by atoms with Crippen molar-refractivity contribution in [1.82, 2.24) is 14.9 Å². The van der Waals surface area contributed by atoms with Crippen molar-refractivity contribution in [2.24, 2.45) is 0 Å². The van der Waals surface area contributed by atoms with E-state index >= 15 is 0 Å². The van der Waals surface area contributed by atoms with Gasteiger partial charge >= 0.3 is 6.01 Å². The number of hydrogen-bond donors (Lipinski definition) is 1. The van der Waals surface area contributed by atoms with Gasteiger partial charge in [-0.3, -0.25) is 9.59 Å². The highest BCUT2D eigenvalue weighted by molar-refractivity contribution is 6.04. The molecule has 1 aromatic carbocycles. The summed E-state index contributed by atoms with van der Waals surface area (Å²) in [5, 5.41) is 12.6. The van der Waals surface area contributed by atoms with Crippen molar-refractivity contribution in [3.05, 3.63) is 52.7 Å². The first-order chi connectivity index (χ1) is 17.8. The second-order valence-electron chi connectivity index (χ2n) is 10.2. The van der Waals surface area contributed by atoms with E-state index in [2.05, 4.69) is 48.9 Å².